The van der Waals surface area contributed by atoms with Crippen LogP contribution >= 0.6 is 11.6 Å². The fourth-order valence-electron chi connectivity index (χ4n) is 2.39. The molecule has 0 radical (unpaired) electrons. The zero-order chi connectivity index (χ0) is 19.4. The third-order valence-electron chi connectivity index (χ3n) is 3.65. The largest absolute Gasteiger partial charge is 0.495 e. The van der Waals surface area contributed by atoms with Crippen LogP contribution in [-0.2, 0) is 4.79 Å². The van der Waals surface area contributed by atoms with Crippen molar-refractivity contribution < 1.29 is 19.0 Å². The van der Waals surface area contributed by atoms with Gasteiger partial charge in [-0.1, -0.05) is 17.7 Å². The van der Waals surface area contributed by atoms with Crippen molar-refractivity contribution in [1.29, 1.82) is 0 Å². The number of halogens is 1. The van der Waals surface area contributed by atoms with E-state index in [4.69, 9.17) is 25.8 Å². The maximum atomic E-state index is 12.2. The van der Waals surface area contributed by atoms with Crippen molar-refractivity contribution in [3.8, 4) is 17.4 Å². The van der Waals surface area contributed by atoms with Crippen LogP contribution < -0.4 is 25.1 Å². The van der Waals surface area contributed by atoms with Gasteiger partial charge in [0.25, 0.3) is 11.5 Å². The molecule has 1 N–H and O–H groups in total. The number of benzene rings is 1. The lowest BCUT2D eigenvalue weighted by atomic mass is 10.2. The van der Waals surface area contributed by atoms with Crippen LogP contribution in [0.2, 0.25) is 5.02 Å². The summed E-state index contributed by atoms with van der Waals surface area (Å²) in [5.41, 5.74) is 0.479. The van der Waals surface area contributed by atoms with Crippen molar-refractivity contribution >= 4 is 28.8 Å². The number of methoxy groups -OCH3 is 2. The van der Waals surface area contributed by atoms with Crippen molar-refractivity contribution in [2.75, 3.05) is 26.1 Å². The number of amides is 1. The second-order valence-corrected chi connectivity index (χ2v) is 5.79. The van der Waals surface area contributed by atoms with E-state index in [0.717, 1.165) is 0 Å². The molecular weight excluding hydrogens is 374 g/mol. The summed E-state index contributed by atoms with van der Waals surface area (Å²) in [6.45, 7) is -0.345. The molecular formula is C18H16ClN3O5. The number of anilines is 1. The minimum absolute atomic E-state index is 0.0566. The molecule has 0 atom stereocenters. The van der Waals surface area contributed by atoms with Gasteiger partial charge >= 0.3 is 0 Å². The van der Waals surface area contributed by atoms with Crippen LogP contribution in [0.15, 0.2) is 47.4 Å². The average molecular weight is 390 g/mol. The minimum atomic E-state index is -0.468. The van der Waals surface area contributed by atoms with Gasteiger partial charge in [-0.2, -0.15) is 4.98 Å². The number of hydrogen-bond donors (Lipinski definition) is 1. The Morgan fingerprint density at radius 3 is 2.70 bits per heavy atom. The first-order chi connectivity index (χ1) is 13.0. The van der Waals surface area contributed by atoms with E-state index in [1.165, 1.54) is 30.8 Å². The van der Waals surface area contributed by atoms with Crippen LogP contribution in [0.1, 0.15) is 0 Å². The van der Waals surface area contributed by atoms with E-state index in [0.29, 0.717) is 27.9 Å². The number of fused-ring (bicyclic) bond motifs is 1. The predicted molar refractivity (Wildman–Crippen MR) is 100 cm³/mol. The summed E-state index contributed by atoms with van der Waals surface area (Å²) in [4.78, 5) is 28.4. The van der Waals surface area contributed by atoms with E-state index in [1.54, 1.807) is 30.5 Å². The summed E-state index contributed by atoms with van der Waals surface area (Å²) < 4.78 is 17.0. The van der Waals surface area contributed by atoms with E-state index >= 15 is 0 Å². The normalized spacial score (nSPS) is 10.5. The van der Waals surface area contributed by atoms with E-state index in [9.17, 15) is 9.59 Å². The number of rotatable bonds is 6. The quantitative estimate of drug-likeness (QED) is 0.696. The van der Waals surface area contributed by atoms with E-state index in [2.05, 4.69) is 10.3 Å². The number of ether oxygens (including phenoxy) is 3. The van der Waals surface area contributed by atoms with Gasteiger partial charge < -0.3 is 19.5 Å². The van der Waals surface area contributed by atoms with Crippen LogP contribution in [0.5, 0.6) is 17.4 Å². The topological polar surface area (TPSA) is 91.2 Å². The molecule has 0 saturated carbocycles. The Balaban J connectivity index is 1.72. The molecule has 0 spiro atoms. The lowest BCUT2D eigenvalue weighted by Crippen LogP contribution is -2.22. The van der Waals surface area contributed by atoms with E-state index in [-0.39, 0.29) is 18.0 Å². The monoisotopic (exact) mass is 389 g/mol. The third kappa shape index (κ3) is 4.12. The smallest absolute Gasteiger partial charge is 0.262 e. The molecule has 2 heterocycles. The number of pyridine rings is 1. The van der Waals surface area contributed by atoms with Gasteiger partial charge in [-0.15, -0.1) is 0 Å². The second kappa shape index (κ2) is 7.96. The molecule has 9 heteroatoms. The van der Waals surface area contributed by atoms with Gasteiger partial charge in [0.2, 0.25) is 5.88 Å². The van der Waals surface area contributed by atoms with Crippen molar-refractivity contribution in [2.45, 2.75) is 0 Å². The van der Waals surface area contributed by atoms with Gasteiger partial charge in [0.05, 0.1) is 31.0 Å². The lowest BCUT2D eigenvalue weighted by Gasteiger charge is -2.13. The highest BCUT2D eigenvalue weighted by Crippen LogP contribution is 2.35. The van der Waals surface area contributed by atoms with Crippen molar-refractivity contribution in [2.24, 2.45) is 0 Å². The predicted octanol–water partition coefficient (Wildman–Crippen LogP) is 2.38. The molecule has 0 unspecified atom stereocenters. The molecule has 140 valence electrons. The number of nitrogens with zero attached hydrogens (tertiary/aromatic N) is 2. The van der Waals surface area contributed by atoms with Crippen LogP contribution in [-0.4, -0.2) is 36.1 Å². The molecule has 1 amide bonds. The molecule has 0 bridgehead atoms. The first-order valence-corrected chi connectivity index (χ1v) is 8.22. The molecule has 0 aliphatic rings. The van der Waals surface area contributed by atoms with Gasteiger partial charge in [-0.25, -0.2) is 0 Å². The fourth-order valence-corrected chi connectivity index (χ4v) is 2.63. The molecule has 0 saturated heterocycles. The van der Waals surface area contributed by atoms with E-state index < -0.39 is 5.91 Å². The standard InChI is InChI=1S/C18H16ClN3O5/c1-25-13-8-14(26-2)12(7-11(13)19)20-16(23)10-27-17-9-18(24)22-6-4-3-5-15(22)21-17/h3-9H,10H2,1-2H3,(H,20,23). The second-order valence-electron chi connectivity index (χ2n) is 5.39. The third-order valence-corrected chi connectivity index (χ3v) is 3.94. The molecule has 3 rings (SSSR count). The Kier molecular flexibility index (Phi) is 5.46. The van der Waals surface area contributed by atoms with Gasteiger partial charge in [0, 0.05) is 12.3 Å². The number of nitrogens with one attached hydrogen (secondary N) is 1. The molecule has 3 aromatic rings. The van der Waals surface area contributed by atoms with Gasteiger partial charge in [0.1, 0.15) is 17.1 Å². The molecule has 27 heavy (non-hydrogen) atoms. The summed E-state index contributed by atoms with van der Waals surface area (Å²) in [5, 5.41) is 2.95. The minimum Gasteiger partial charge on any atom is -0.495 e. The number of hydrogen-bond acceptors (Lipinski definition) is 6. The van der Waals surface area contributed by atoms with Gasteiger partial charge in [0.15, 0.2) is 6.61 Å². The molecule has 0 fully saturated rings. The summed E-state index contributed by atoms with van der Waals surface area (Å²) in [6, 6.07) is 9.42. The molecule has 2 aromatic heterocycles. The highest BCUT2D eigenvalue weighted by Gasteiger charge is 2.13. The SMILES string of the molecule is COc1cc(OC)c(NC(=O)COc2cc(=O)n3ccccc3n2)cc1Cl. The fraction of sp³-hybridized carbons (Fsp3) is 0.167. The average Bonchev–Trinajstić information content (AvgIpc) is 2.67. The van der Waals surface area contributed by atoms with Crippen molar-refractivity contribution in [3.05, 3.63) is 58.0 Å². The first-order valence-electron chi connectivity index (χ1n) is 7.84. The zero-order valence-electron chi connectivity index (χ0n) is 14.6. The van der Waals surface area contributed by atoms with Gasteiger partial charge in [-0.3, -0.25) is 14.0 Å². The van der Waals surface area contributed by atoms with Crippen LogP contribution in [0.25, 0.3) is 5.65 Å². The summed E-state index contributed by atoms with van der Waals surface area (Å²) >= 11 is 6.08. The summed E-state index contributed by atoms with van der Waals surface area (Å²) in [5.74, 6) is 0.390. The summed E-state index contributed by atoms with van der Waals surface area (Å²) in [6.07, 6.45) is 1.60. The highest BCUT2D eigenvalue weighted by atomic mass is 35.5. The Labute approximate surface area is 159 Å². The summed E-state index contributed by atoms with van der Waals surface area (Å²) in [7, 11) is 2.94. The Bertz CT molecular complexity index is 1050. The maximum absolute atomic E-state index is 12.2. The van der Waals surface area contributed by atoms with Crippen LogP contribution in [0.3, 0.4) is 0 Å². The Morgan fingerprint density at radius 1 is 1.19 bits per heavy atom. The first kappa shape index (κ1) is 18.5. The van der Waals surface area contributed by atoms with Crippen LogP contribution in [0, 0.1) is 0 Å². The van der Waals surface area contributed by atoms with Crippen molar-refractivity contribution in [3.63, 3.8) is 0 Å². The number of aromatic nitrogens is 2. The zero-order valence-corrected chi connectivity index (χ0v) is 15.3. The molecule has 8 nitrogen and oxygen atoms in total. The van der Waals surface area contributed by atoms with Crippen molar-refractivity contribution in [1.82, 2.24) is 9.38 Å². The molecule has 0 aliphatic carbocycles. The van der Waals surface area contributed by atoms with Gasteiger partial charge in [-0.05, 0) is 18.2 Å². The van der Waals surface area contributed by atoms with E-state index in [1.807, 2.05) is 0 Å². The number of carbonyl (C=O) groups is 1. The molecule has 1 aromatic carbocycles. The lowest BCUT2D eigenvalue weighted by molar-refractivity contribution is -0.118. The Hall–Kier alpha value is -3.26. The van der Waals surface area contributed by atoms with Crippen LogP contribution in [0.4, 0.5) is 5.69 Å². The maximum Gasteiger partial charge on any atom is 0.262 e. The molecule has 0 aliphatic heterocycles. The number of carbonyl (C=O) groups excluding carboxylic acids is 1. The highest BCUT2D eigenvalue weighted by molar-refractivity contribution is 6.32. The Morgan fingerprint density at radius 2 is 1.96 bits per heavy atom.